The maximum Gasteiger partial charge on any atom is 0.0203 e. The van der Waals surface area contributed by atoms with Crippen LogP contribution in [0.25, 0.3) is 0 Å². The van der Waals surface area contributed by atoms with E-state index in [2.05, 4.69) is 39.5 Å². The average Bonchev–Trinajstić information content (AvgIpc) is 2.16. The third kappa shape index (κ3) is 5.26. The van der Waals surface area contributed by atoms with Gasteiger partial charge in [0.05, 0.1) is 0 Å². The molecule has 0 heteroatoms. The predicted molar refractivity (Wildman–Crippen MR) is 67.5 cm³/mol. The third-order valence-electron chi connectivity index (χ3n) is 3.23. The molecule has 0 saturated heterocycles. The average molecular weight is 206 g/mol. The van der Waals surface area contributed by atoms with E-state index >= 15 is 0 Å². The number of rotatable bonds is 2. The molecule has 0 nitrogen and oxygen atoms in total. The molecule has 1 aliphatic carbocycles. The van der Waals surface area contributed by atoms with Crippen molar-refractivity contribution in [3.63, 3.8) is 0 Å². The summed E-state index contributed by atoms with van der Waals surface area (Å²) in [5, 5.41) is 0. The quantitative estimate of drug-likeness (QED) is 0.584. The van der Waals surface area contributed by atoms with E-state index in [0.717, 1.165) is 11.8 Å². The normalized spacial score (nSPS) is 26.5. The standard InChI is InChI=1S/C15H26/c1-12(2)5-6-14-7-9-15(10-8-14)11-13(3)4/h12-15H,7-11H2,1-4H3. The van der Waals surface area contributed by atoms with Crippen LogP contribution < -0.4 is 0 Å². The minimum atomic E-state index is 0.540. The fraction of sp³-hybridized carbons (Fsp3) is 0.867. The van der Waals surface area contributed by atoms with Crippen molar-refractivity contribution in [2.45, 2.75) is 59.8 Å². The van der Waals surface area contributed by atoms with Crippen LogP contribution in [0.4, 0.5) is 0 Å². The summed E-state index contributed by atoms with van der Waals surface area (Å²) >= 11 is 0. The Hall–Kier alpha value is -0.440. The molecule has 1 rings (SSSR count). The maximum atomic E-state index is 3.44. The molecule has 0 bridgehead atoms. The summed E-state index contributed by atoms with van der Waals surface area (Å²) in [6, 6.07) is 0. The molecule has 0 unspecified atom stereocenters. The first-order valence-corrected chi connectivity index (χ1v) is 6.59. The van der Waals surface area contributed by atoms with Crippen LogP contribution in [0.15, 0.2) is 0 Å². The van der Waals surface area contributed by atoms with Crippen molar-refractivity contribution < 1.29 is 0 Å². The summed E-state index contributed by atoms with van der Waals surface area (Å²) in [6.45, 7) is 9.03. The van der Waals surface area contributed by atoms with Crippen LogP contribution in [0.5, 0.6) is 0 Å². The molecule has 0 aromatic rings. The minimum absolute atomic E-state index is 0.540. The van der Waals surface area contributed by atoms with Gasteiger partial charge >= 0.3 is 0 Å². The van der Waals surface area contributed by atoms with Crippen molar-refractivity contribution in [3.8, 4) is 11.8 Å². The Labute approximate surface area is 95.8 Å². The Kier molecular flexibility index (Phi) is 5.23. The van der Waals surface area contributed by atoms with Crippen molar-refractivity contribution in [1.82, 2.24) is 0 Å². The largest absolute Gasteiger partial charge is 0.100 e. The van der Waals surface area contributed by atoms with Crippen molar-refractivity contribution in [1.29, 1.82) is 0 Å². The molecular formula is C15H26. The van der Waals surface area contributed by atoms with Crippen molar-refractivity contribution >= 4 is 0 Å². The van der Waals surface area contributed by atoms with Crippen LogP contribution in [0, 0.1) is 35.5 Å². The van der Waals surface area contributed by atoms with Crippen LogP contribution in [-0.4, -0.2) is 0 Å². The number of hydrogen-bond acceptors (Lipinski definition) is 0. The van der Waals surface area contributed by atoms with Gasteiger partial charge in [0.25, 0.3) is 0 Å². The Balaban J connectivity index is 2.27. The molecule has 0 N–H and O–H groups in total. The van der Waals surface area contributed by atoms with E-state index in [1.54, 1.807) is 0 Å². The molecule has 0 aliphatic heterocycles. The number of hydrogen-bond donors (Lipinski definition) is 0. The highest BCUT2D eigenvalue weighted by molar-refractivity contribution is 5.06. The van der Waals surface area contributed by atoms with Gasteiger partial charge in [0, 0.05) is 11.8 Å². The second kappa shape index (κ2) is 6.21. The fourth-order valence-electron chi connectivity index (χ4n) is 2.49. The lowest BCUT2D eigenvalue weighted by Crippen LogP contribution is -2.15. The van der Waals surface area contributed by atoms with Crippen molar-refractivity contribution in [2.24, 2.45) is 23.7 Å². The smallest absolute Gasteiger partial charge is 0.0203 e. The Morgan fingerprint density at radius 1 is 1.00 bits per heavy atom. The molecule has 0 aromatic carbocycles. The zero-order valence-corrected chi connectivity index (χ0v) is 10.8. The molecule has 1 fully saturated rings. The highest BCUT2D eigenvalue weighted by atomic mass is 14.2. The zero-order chi connectivity index (χ0) is 11.3. The molecule has 0 aromatic heterocycles. The SMILES string of the molecule is CC(C)C#CC1CCC(CC(C)C)CC1. The Bertz CT molecular complexity index is 218. The predicted octanol–water partition coefficient (Wildman–Crippen LogP) is 4.50. The Morgan fingerprint density at radius 2 is 1.60 bits per heavy atom. The lowest BCUT2D eigenvalue weighted by Gasteiger charge is -2.26. The first-order valence-electron chi connectivity index (χ1n) is 6.59. The van der Waals surface area contributed by atoms with Gasteiger partial charge in [-0.15, -0.1) is 5.92 Å². The van der Waals surface area contributed by atoms with Crippen molar-refractivity contribution in [3.05, 3.63) is 0 Å². The van der Waals surface area contributed by atoms with Gasteiger partial charge in [-0.1, -0.05) is 33.6 Å². The first-order chi connectivity index (χ1) is 7.08. The molecular weight excluding hydrogens is 180 g/mol. The highest BCUT2D eigenvalue weighted by Crippen LogP contribution is 2.32. The van der Waals surface area contributed by atoms with Gasteiger partial charge < -0.3 is 0 Å². The molecule has 0 radical (unpaired) electrons. The second-order valence-corrected chi connectivity index (χ2v) is 5.79. The van der Waals surface area contributed by atoms with Gasteiger partial charge in [0.1, 0.15) is 0 Å². The highest BCUT2D eigenvalue weighted by Gasteiger charge is 2.20. The summed E-state index contributed by atoms with van der Waals surface area (Å²) in [5.41, 5.74) is 0. The monoisotopic (exact) mass is 206 g/mol. The molecule has 1 aliphatic rings. The maximum absolute atomic E-state index is 3.44. The third-order valence-corrected chi connectivity index (χ3v) is 3.23. The summed E-state index contributed by atoms with van der Waals surface area (Å²) in [4.78, 5) is 0. The van der Waals surface area contributed by atoms with Crippen LogP contribution in [0.3, 0.4) is 0 Å². The van der Waals surface area contributed by atoms with Crippen LogP contribution >= 0.6 is 0 Å². The van der Waals surface area contributed by atoms with E-state index in [-0.39, 0.29) is 0 Å². The summed E-state index contributed by atoms with van der Waals surface area (Å²) in [6.07, 6.45) is 6.93. The summed E-state index contributed by atoms with van der Waals surface area (Å²) in [7, 11) is 0. The molecule has 0 spiro atoms. The van der Waals surface area contributed by atoms with Gasteiger partial charge in [0.2, 0.25) is 0 Å². The van der Waals surface area contributed by atoms with Crippen LogP contribution in [0.1, 0.15) is 59.8 Å². The lowest BCUT2D eigenvalue weighted by molar-refractivity contribution is 0.275. The van der Waals surface area contributed by atoms with Gasteiger partial charge in [-0.05, 0) is 43.9 Å². The summed E-state index contributed by atoms with van der Waals surface area (Å²) < 4.78 is 0. The van der Waals surface area contributed by atoms with E-state index < -0.39 is 0 Å². The van der Waals surface area contributed by atoms with Gasteiger partial charge in [0.15, 0.2) is 0 Å². The van der Waals surface area contributed by atoms with Gasteiger partial charge in [-0.25, -0.2) is 0 Å². The Morgan fingerprint density at radius 3 is 2.07 bits per heavy atom. The molecule has 15 heavy (non-hydrogen) atoms. The van der Waals surface area contributed by atoms with E-state index in [4.69, 9.17) is 0 Å². The molecule has 0 heterocycles. The van der Waals surface area contributed by atoms with Crippen LogP contribution in [-0.2, 0) is 0 Å². The fourth-order valence-corrected chi connectivity index (χ4v) is 2.49. The minimum Gasteiger partial charge on any atom is -0.100 e. The van der Waals surface area contributed by atoms with Gasteiger partial charge in [-0.2, -0.15) is 0 Å². The van der Waals surface area contributed by atoms with E-state index in [0.29, 0.717) is 11.8 Å². The van der Waals surface area contributed by atoms with Crippen LogP contribution in [0.2, 0.25) is 0 Å². The molecule has 86 valence electrons. The second-order valence-electron chi connectivity index (χ2n) is 5.79. The van der Waals surface area contributed by atoms with Crippen molar-refractivity contribution in [2.75, 3.05) is 0 Å². The molecule has 0 amide bonds. The van der Waals surface area contributed by atoms with E-state index in [9.17, 15) is 0 Å². The zero-order valence-electron chi connectivity index (χ0n) is 10.8. The molecule has 1 saturated carbocycles. The van der Waals surface area contributed by atoms with Gasteiger partial charge in [-0.3, -0.25) is 0 Å². The summed E-state index contributed by atoms with van der Waals surface area (Å²) in [5.74, 6) is 9.87. The lowest BCUT2D eigenvalue weighted by atomic mass is 9.79. The first kappa shape index (κ1) is 12.6. The van der Waals surface area contributed by atoms with E-state index in [1.165, 1.54) is 32.1 Å². The molecule has 0 atom stereocenters. The topological polar surface area (TPSA) is 0 Å². The van der Waals surface area contributed by atoms with E-state index in [1.807, 2.05) is 0 Å².